The Hall–Kier alpha value is -1.14. The van der Waals surface area contributed by atoms with E-state index in [0.29, 0.717) is 15.8 Å². The molecule has 1 aromatic heterocycles. The molecule has 0 bridgehead atoms. The van der Waals surface area contributed by atoms with Gasteiger partial charge in [-0.3, -0.25) is 4.79 Å². The van der Waals surface area contributed by atoms with Crippen LogP contribution in [0.1, 0.15) is 23.9 Å². The van der Waals surface area contributed by atoms with Gasteiger partial charge in [0.05, 0.1) is 6.20 Å². The predicted octanol–water partition coefficient (Wildman–Crippen LogP) is 1.54. The molecule has 1 aliphatic rings. The van der Waals surface area contributed by atoms with E-state index in [9.17, 15) is 9.59 Å². The molecule has 1 fully saturated rings. The molecular formula is C9H9ClN2O3S. The second-order valence-electron chi connectivity index (χ2n) is 3.53. The summed E-state index contributed by atoms with van der Waals surface area (Å²) in [5.41, 5.74) is 0. The van der Waals surface area contributed by atoms with Gasteiger partial charge in [0.15, 0.2) is 6.04 Å². The van der Waals surface area contributed by atoms with Crippen LogP contribution in [-0.2, 0) is 9.59 Å². The SMILES string of the molecule is O=CN(C1CC1)C(C(=O)O)c1ncc(Cl)s1. The summed E-state index contributed by atoms with van der Waals surface area (Å²) in [7, 11) is 0. The lowest BCUT2D eigenvalue weighted by Crippen LogP contribution is -2.34. The minimum Gasteiger partial charge on any atom is -0.479 e. The third kappa shape index (κ3) is 2.17. The molecule has 16 heavy (non-hydrogen) atoms. The summed E-state index contributed by atoms with van der Waals surface area (Å²) in [5.74, 6) is -1.08. The number of carboxylic acids is 1. The smallest absolute Gasteiger partial charge is 0.333 e. The van der Waals surface area contributed by atoms with Crippen molar-refractivity contribution in [2.45, 2.75) is 24.9 Å². The summed E-state index contributed by atoms with van der Waals surface area (Å²) in [6, 6.07) is -0.983. The van der Waals surface area contributed by atoms with E-state index in [1.54, 1.807) is 0 Å². The molecule has 1 amide bonds. The number of hydrogen-bond acceptors (Lipinski definition) is 4. The molecule has 86 valence electrons. The van der Waals surface area contributed by atoms with Crippen LogP contribution in [0.3, 0.4) is 0 Å². The highest BCUT2D eigenvalue weighted by Gasteiger charge is 2.38. The zero-order valence-electron chi connectivity index (χ0n) is 8.17. The summed E-state index contributed by atoms with van der Waals surface area (Å²) in [6.07, 6.45) is 3.67. The molecule has 0 aliphatic heterocycles. The van der Waals surface area contributed by atoms with Gasteiger partial charge in [-0.15, -0.1) is 11.3 Å². The van der Waals surface area contributed by atoms with Crippen molar-refractivity contribution in [3.05, 3.63) is 15.5 Å². The van der Waals surface area contributed by atoms with Crippen LogP contribution in [0.5, 0.6) is 0 Å². The predicted molar refractivity (Wildman–Crippen MR) is 58.4 cm³/mol. The molecule has 0 radical (unpaired) electrons. The van der Waals surface area contributed by atoms with E-state index in [4.69, 9.17) is 16.7 Å². The highest BCUT2D eigenvalue weighted by atomic mass is 35.5. The van der Waals surface area contributed by atoms with Crippen LogP contribution in [0.25, 0.3) is 0 Å². The van der Waals surface area contributed by atoms with E-state index in [0.717, 1.165) is 24.2 Å². The Morgan fingerprint density at radius 2 is 2.44 bits per heavy atom. The fraction of sp³-hybridized carbons (Fsp3) is 0.444. The Labute approximate surface area is 101 Å². The molecule has 1 atom stereocenters. The number of nitrogens with zero attached hydrogens (tertiary/aromatic N) is 2. The fourth-order valence-corrected chi connectivity index (χ4v) is 2.52. The molecule has 0 saturated heterocycles. The lowest BCUT2D eigenvalue weighted by Gasteiger charge is -2.22. The van der Waals surface area contributed by atoms with Crippen LogP contribution in [0.4, 0.5) is 0 Å². The van der Waals surface area contributed by atoms with Gasteiger partial charge in [0.25, 0.3) is 0 Å². The Balaban J connectivity index is 2.28. The summed E-state index contributed by atoms with van der Waals surface area (Å²) < 4.78 is 0.419. The molecular weight excluding hydrogens is 252 g/mol. The van der Waals surface area contributed by atoms with Crippen LogP contribution in [-0.4, -0.2) is 33.4 Å². The quantitative estimate of drug-likeness (QED) is 0.816. The van der Waals surface area contributed by atoms with E-state index in [-0.39, 0.29) is 6.04 Å². The summed E-state index contributed by atoms with van der Waals surface area (Å²) in [5, 5.41) is 9.48. The van der Waals surface area contributed by atoms with Crippen LogP contribution in [0, 0.1) is 0 Å². The maximum Gasteiger partial charge on any atom is 0.333 e. The van der Waals surface area contributed by atoms with Gasteiger partial charge in [-0.1, -0.05) is 11.6 Å². The third-order valence-electron chi connectivity index (χ3n) is 2.35. The monoisotopic (exact) mass is 260 g/mol. The first-order chi connectivity index (χ1) is 7.63. The normalized spacial score (nSPS) is 16.8. The highest BCUT2D eigenvalue weighted by molar-refractivity contribution is 7.16. The summed E-state index contributed by atoms with van der Waals surface area (Å²) >= 11 is 6.79. The number of carbonyl (C=O) groups is 2. The van der Waals surface area contributed by atoms with Gasteiger partial charge in [0.2, 0.25) is 6.41 Å². The molecule has 2 rings (SSSR count). The summed E-state index contributed by atoms with van der Waals surface area (Å²) in [4.78, 5) is 27.3. The average Bonchev–Trinajstić information content (AvgIpc) is 2.98. The first-order valence-electron chi connectivity index (χ1n) is 4.70. The van der Waals surface area contributed by atoms with Gasteiger partial charge in [0, 0.05) is 6.04 Å². The molecule has 1 aliphatic carbocycles. The minimum atomic E-state index is -1.08. The Kier molecular flexibility index (Phi) is 3.11. The number of carboxylic acid groups (broad SMARTS) is 1. The number of rotatable bonds is 5. The number of halogens is 1. The molecule has 1 N–H and O–H groups in total. The topological polar surface area (TPSA) is 70.5 Å². The number of hydrogen-bond donors (Lipinski definition) is 1. The molecule has 5 nitrogen and oxygen atoms in total. The number of thiazole rings is 1. The van der Waals surface area contributed by atoms with Crippen molar-refractivity contribution < 1.29 is 14.7 Å². The second-order valence-corrected chi connectivity index (χ2v) is 5.22. The van der Waals surface area contributed by atoms with Crippen LogP contribution in [0.15, 0.2) is 6.20 Å². The van der Waals surface area contributed by atoms with Gasteiger partial charge in [0.1, 0.15) is 9.34 Å². The number of carbonyl (C=O) groups excluding carboxylic acids is 1. The fourth-order valence-electron chi connectivity index (χ4n) is 1.48. The van der Waals surface area contributed by atoms with Crippen molar-refractivity contribution in [1.82, 2.24) is 9.88 Å². The van der Waals surface area contributed by atoms with Gasteiger partial charge in [-0.2, -0.15) is 0 Å². The zero-order chi connectivity index (χ0) is 11.7. The highest BCUT2D eigenvalue weighted by Crippen LogP contribution is 2.35. The zero-order valence-corrected chi connectivity index (χ0v) is 9.74. The lowest BCUT2D eigenvalue weighted by molar-refractivity contribution is -0.147. The van der Waals surface area contributed by atoms with Crippen molar-refractivity contribution in [3.8, 4) is 0 Å². The van der Waals surface area contributed by atoms with E-state index in [1.165, 1.54) is 11.1 Å². The summed E-state index contributed by atoms with van der Waals surface area (Å²) in [6.45, 7) is 0. The van der Waals surface area contributed by atoms with E-state index >= 15 is 0 Å². The standard InChI is InChI=1S/C9H9ClN2O3S/c10-6-3-11-8(16-6)7(9(14)15)12(4-13)5-1-2-5/h3-5,7H,1-2H2,(H,14,15). The van der Waals surface area contributed by atoms with Gasteiger partial charge < -0.3 is 10.0 Å². The maximum absolute atomic E-state index is 11.2. The van der Waals surface area contributed by atoms with Crippen LogP contribution < -0.4 is 0 Å². The van der Waals surface area contributed by atoms with Crippen molar-refractivity contribution in [3.63, 3.8) is 0 Å². The minimum absolute atomic E-state index is 0.0290. The van der Waals surface area contributed by atoms with E-state index in [2.05, 4.69) is 4.98 Å². The molecule has 1 heterocycles. The van der Waals surface area contributed by atoms with E-state index in [1.807, 2.05) is 0 Å². The van der Waals surface area contributed by atoms with Gasteiger partial charge >= 0.3 is 5.97 Å². The van der Waals surface area contributed by atoms with Crippen LogP contribution >= 0.6 is 22.9 Å². The maximum atomic E-state index is 11.2. The van der Waals surface area contributed by atoms with Gasteiger partial charge in [-0.05, 0) is 12.8 Å². The molecule has 1 unspecified atom stereocenters. The second kappa shape index (κ2) is 4.39. The third-order valence-corrected chi connectivity index (χ3v) is 3.52. The van der Waals surface area contributed by atoms with Crippen molar-refractivity contribution in [2.75, 3.05) is 0 Å². The Bertz CT molecular complexity index is 419. The molecule has 0 aromatic carbocycles. The number of amides is 1. The van der Waals surface area contributed by atoms with Crippen molar-refractivity contribution in [2.24, 2.45) is 0 Å². The van der Waals surface area contributed by atoms with Crippen molar-refractivity contribution >= 4 is 35.3 Å². The Morgan fingerprint density at radius 3 is 2.81 bits per heavy atom. The molecule has 1 saturated carbocycles. The Morgan fingerprint density at radius 1 is 1.75 bits per heavy atom. The van der Waals surface area contributed by atoms with Gasteiger partial charge in [-0.25, -0.2) is 9.78 Å². The number of aliphatic carboxylic acids is 1. The largest absolute Gasteiger partial charge is 0.479 e. The molecule has 1 aromatic rings. The first-order valence-corrected chi connectivity index (χ1v) is 5.89. The average molecular weight is 261 g/mol. The number of aromatic nitrogens is 1. The molecule has 0 spiro atoms. The first kappa shape index (κ1) is 11.3. The lowest BCUT2D eigenvalue weighted by atomic mass is 10.2. The van der Waals surface area contributed by atoms with E-state index < -0.39 is 12.0 Å². The van der Waals surface area contributed by atoms with Crippen molar-refractivity contribution in [1.29, 1.82) is 0 Å². The molecule has 7 heteroatoms. The van der Waals surface area contributed by atoms with Crippen LogP contribution in [0.2, 0.25) is 4.34 Å².